The molecule has 0 saturated heterocycles. The summed E-state index contributed by atoms with van der Waals surface area (Å²) in [5.41, 5.74) is 1.98. The Morgan fingerprint density at radius 2 is 1.90 bits per heavy atom. The minimum absolute atomic E-state index is 0.0260. The Hall–Kier alpha value is -3.81. The molecule has 1 atom stereocenters. The number of rotatable bonds is 4. The molecule has 0 bridgehead atoms. The number of aryl methyl sites for hydroxylation is 1. The molecule has 0 saturated carbocycles. The van der Waals surface area contributed by atoms with Crippen molar-refractivity contribution in [2.45, 2.75) is 19.5 Å². The Labute approximate surface area is 178 Å². The molecule has 1 aliphatic heterocycles. The average Bonchev–Trinajstić information content (AvgIpc) is 3.10. The summed E-state index contributed by atoms with van der Waals surface area (Å²) in [7, 11) is 1.60. The van der Waals surface area contributed by atoms with Crippen LogP contribution < -0.4 is 20.3 Å². The van der Waals surface area contributed by atoms with Gasteiger partial charge in [0.05, 0.1) is 12.2 Å². The molecular weight excluding hydrogens is 396 g/mol. The molecule has 0 fully saturated rings. The maximum Gasteiger partial charge on any atom is 0.291 e. The molecule has 3 heterocycles. The van der Waals surface area contributed by atoms with Crippen molar-refractivity contribution < 1.29 is 14.3 Å². The lowest BCUT2D eigenvalue weighted by Gasteiger charge is -2.21. The van der Waals surface area contributed by atoms with Crippen molar-refractivity contribution in [3.63, 3.8) is 0 Å². The van der Waals surface area contributed by atoms with Gasteiger partial charge in [0.15, 0.2) is 11.5 Å². The van der Waals surface area contributed by atoms with E-state index in [1.807, 2.05) is 49.4 Å². The van der Waals surface area contributed by atoms with Crippen molar-refractivity contribution in [3.05, 3.63) is 64.6 Å². The fraction of sp³-hybridized carbons (Fsp3) is 0.261. The zero-order valence-corrected chi connectivity index (χ0v) is 17.3. The van der Waals surface area contributed by atoms with Crippen molar-refractivity contribution in [1.82, 2.24) is 19.7 Å². The van der Waals surface area contributed by atoms with Crippen molar-refractivity contribution in [2.75, 3.05) is 13.2 Å². The van der Waals surface area contributed by atoms with Crippen LogP contribution in [0.1, 0.15) is 18.5 Å². The summed E-state index contributed by atoms with van der Waals surface area (Å²) < 4.78 is 14.2. The Morgan fingerprint density at radius 1 is 1.13 bits per heavy atom. The van der Waals surface area contributed by atoms with Crippen LogP contribution in [-0.4, -0.2) is 33.5 Å². The molecule has 0 spiro atoms. The smallest absolute Gasteiger partial charge is 0.291 e. The van der Waals surface area contributed by atoms with E-state index in [1.165, 1.54) is 4.68 Å². The van der Waals surface area contributed by atoms with Crippen LogP contribution in [0.2, 0.25) is 0 Å². The minimum atomic E-state index is -0.235. The van der Waals surface area contributed by atoms with Gasteiger partial charge in [-0.3, -0.25) is 9.59 Å². The second-order valence-corrected chi connectivity index (χ2v) is 7.63. The van der Waals surface area contributed by atoms with E-state index >= 15 is 0 Å². The van der Waals surface area contributed by atoms with Gasteiger partial charge >= 0.3 is 0 Å². The van der Waals surface area contributed by atoms with Crippen LogP contribution >= 0.6 is 0 Å². The van der Waals surface area contributed by atoms with Gasteiger partial charge in [-0.25, -0.2) is 4.68 Å². The number of nitrogens with zero attached hydrogens (tertiary/aromatic N) is 3. The summed E-state index contributed by atoms with van der Waals surface area (Å²) in [6.07, 6.45) is 1.67. The third kappa shape index (κ3) is 3.30. The highest BCUT2D eigenvalue weighted by Crippen LogP contribution is 2.32. The van der Waals surface area contributed by atoms with Crippen LogP contribution in [0.15, 0.2) is 53.5 Å². The zero-order chi connectivity index (χ0) is 21.5. The number of fused-ring (bicyclic) bond motifs is 4. The number of amides is 1. The summed E-state index contributed by atoms with van der Waals surface area (Å²) in [5.74, 6) is 1.20. The maximum atomic E-state index is 13.0. The molecule has 1 N–H and O–H groups in total. The molecule has 0 radical (unpaired) electrons. The lowest BCUT2D eigenvalue weighted by Crippen LogP contribution is -2.31. The van der Waals surface area contributed by atoms with Crippen LogP contribution in [0, 0.1) is 0 Å². The second kappa shape index (κ2) is 7.46. The van der Waals surface area contributed by atoms with E-state index < -0.39 is 0 Å². The SMILES string of the molecule is CC(NC(=O)Cn1c2ccccc2c2cnn(C)c(=O)c21)c1ccc2c(c1)OCCO2. The molecule has 2 aromatic carbocycles. The molecule has 1 amide bonds. The summed E-state index contributed by atoms with van der Waals surface area (Å²) in [5, 5.41) is 8.81. The minimum Gasteiger partial charge on any atom is -0.486 e. The standard InChI is InChI=1S/C23H22N4O4/c1-14(15-7-8-19-20(11-15)31-10-9-30-19)25-21(28)13-27-18-6-4-3-5-16(18)17-12-24-26(2)23(29)22(17)27/h3-8,11-12,14H,9-10,13H2,1-2H3,(H,25,28). The van der Waals surface area contributed by atoms with Gasteiger partial charge < -0.3 is 19.4 Å². The van der Waals surface area contributed by atoms with E-state index in [2.05, 4.69) is 10.4 Å². The first kappa shape index (κ1) is 19.2. The molecular formula is C23H22N4O4. The number of benzene rings is 2. The summed E-state index contributed by atoms with van der Waals surface area (Å²) >= 11 is 0. The Kier molecular flexibility index (Phi) is 4.62. The number of carbonyl (C=O) groups is 1. The number of aromatic nitrogens is 3. The summed E-state index contributed by atoms with van der Waals surface area (Å²) in [6.45, 7) is 2.98. The summed E-state index contributed by atoms with van der Waals surface area (Å²) in [6, 6.07) is 13.1. The fourth-order valence-electron chi connectivity index (χ4n) is 4.05. The highest BCUT2D eigenvalue weighted by atomic mass is 16.6. The number of ether oxygens (including phenoxy) is 2. The molecule has 0 aliphatic carbocycles. The molecule has 1 unspecified atom stereocenters. The van der Waals surface area contributed by atoms with Gasteiger partial charge in [-0.05, 0) is 30.7 Å². The van der Waals surface area contributed by atoms with Crippen LogP contribution in [0.5, 0.6) is 11.5 Å². The first-order valence-electron chi connectivity index (χ1n) is 10.1. The van der Waals surface area contributed by atoms with Gasteiger partial charge in [0.2, 0.25) is 5.91 Å². The molecule has 158 valence electrons. The molecule has 31 heavy (non-hydrogen) atoms. The zero-order valence-electron chi connectivity index (χ0n) is 17.3. The number of para-hydroxylation sites is 1. The first-order chi connectivity index (χ1) is 15.0. The van der Waals surface area contributed by atoms with Gasteiger partial charge in [-0.1, -0.05) is 24.3 Å². The van der Waals surface area contributed by atoms with Gasteiger partial charge in [0.25, 0.3) is 5.56 Å². The lowest BCUT2D eigenvalue weighted by atomic mass is 10.1. The van der Waals surface area contributed by atoms with E-state index in [1.54, 1.807) is 17.8 Å². The monoisotopic (exact) mass is 418 g/mol. The number of hydrogen-bond donors (Lipinski definition) is 1. The van der Waals surface area contributed by atoms with E-state index in [0.29, 0.717) is 30.2 Å². The van der Waals surface area contributed by atoms with Crippen molar-refractivity contribution >= 4 is 27.7 Å². The number of carbonyl (C=O) groups excluding carboxylic acids is 1. The Bertz CT molecular complexity index is 1370. The molecule has 2 aromatic heterocycles. The third-order valence-corrected chi connectivity index (χ3v) is 5.61. The third-order valence-electron chi connectivity index (χ3n) is 5.61. The van der Waals surface area contributed by atoms with E-state index in [4.69, 9.17) is 9.47 Å². The normalized spacial score (nSPS) is 14.0. The molecule has 4 aromatic rings. The molecule has 5 rings (SSSR count). The van der Waals surface area contributed by atoms with Gasteiger partial charge in [0.1, 0.15) is 25.3 Å². The number of nitrogens with one attached hydrogen (secondary N) is 1. The van der Waals surface area contributed by atoms with Crippen LogP contribution in [0.25, 0.3) is 21.8 Å². The summed E-state index contributed by atoms with van der Waals surface area (Å²) in [4.78, 5) is 25.8. The first-order valence-corrected chi connectivity index (χ1v) is 10.1. The molecule has 8 heteroatoms. The Morgan fingerprint density at radius 3 is 2.74 bits per heavy atom. The van der Waals surface area contributed by atoms with Gasteiger partial charge in [-0.2, -0.15) is 5.10 Å². The quantitative estimate of drug-likeness (QED) is 0.550. The van der Waals surface area contributed by atoms with Crippen molar-refractivity contribution in [2.24, 2.45) is 7.05 Å². The van der Waals surface area contributed by atoms with E-state index in [0.717, 1.165) is 21.9 Å². The van der Waals surface area contributed by atoms with Crippen molar-refractivity contribution in [1.29, 1.82) is 0 Å². The highest BCUT2D eigenvalue weighted by molar-refractivity contribution is 6.07. The van der Waals surface area contributed by atoms with Crippen LogP contribution in [0.3, 0.4) is 0 Å². The van der Waals surface area contributed by atoms with Crippen LogP contribution in [0.4, 0.5) is 0 Å². The van der Waals surface area contributed by atoms with Crippen LogP contribution in [-0.2, 0) is 18.4 Å². The lowest BCUT2D eigenvalue weighted by molar-refractivity contribution is -0.122. The van der Waals surface area contributed by atoms with Crippen molar-refractivity contribution in [3.8, 4) is 11.5 Å². The maximum absolute atomic E-state index is 13.0. The van der Waals surface area contributed by atoms with Gasteiger partial charge in [-0.15, -0.1) is 0 Å². The molecule has 8 nitrogen and oxygen atoms in total. The number of hydrogen-bond acceptors (Lipinski definition) is 5. The second-order valence-electron chi connectivity index (χ2n) is 7.63. The largest absolute Gasteiger partial charge is 0.486 e. The predicted octanol–water partition coefficient (Wildman–Crippen LogP) is 2.54. The average molecular weight is 418 g/mol. The van der Waals surface area contributed by atoms with E-state index in [-0.39, 0.29) is 24.1 Å². The van der Waals surface area contributed by atoms with Gasteiger partial charge in [0, 0.05) is 23.3 Å². The highest BCUT2D eigenvalue weighted by Gasteiger charge is 2.19. The topological polar surface area (TPSA) is 87.4 Å². The van der Waals surface area contributed by atoms with E-state index in [9.17, 15) is 9.59 Å². The Balaban J connectivity index is 1.45. The predicted molar refractivity (Wildman–Crippen MR) is 116 cm³/mol. The fourth-order valence-corrected chi connectivity index (χ4v) is 4.05. The molecule has 1 aliphatic rings.